The largest absolute Gasteiger partial charge is 0.399 e. The van der Waals surface area contributed by atoms with Crippen LogP contribution in [-0.4, -0.2) is 34.4 Å². The van der Waals surface area contributed by atoms with Crippen molar-refractivity contribution in [3.63, 3.8) is 0 Å². The molecule has 0 saturated heterocycles. The molecule has 17 heavy (non-hydrogen) atoms. The molecule has 0 saturated carbocycles. The average Bonchev–Trinajstić information content (AvgIpc) is 2.31. The summed E-state index contributed by atoms with van der Waals surface area (Å²) in [5.74, 6) is -0.0893. The van der Waals surface area contributed by atoms with Gasteiger partial charge in [-0.2, -0.15) is 0 Å². The molecule has 0 aromatic heterocycles. The Kier molecular flexibility index (Phi) is 4.69. The molecule has 0 fully saturated rings. The van der Waals surface area contributed by atoms with Crippen molar-refractivity contribution < 1.29 is 9.00 Å². The Balaban J connectivity index is 2.77. The highest BCUT2D eigenvalue weighted by atomic mass is 32.2. The SMILES string of the molecule is CCN(C)C(=O)CS(=O)c1ccc(N)c(C)c1. The van der Waals surface area contributed by atoms with Gasteiger partial charge in [0.25, 0.3) is 0 Å². The third-order valence-electron chi connectivity index (χ3n) is 2.66. The first kappa shape index (κ1) is 13.7. The van der Waals surface area contributed by atoms with E-state index >= 15 is 0 Å². The molecule has 2 N–H and O–H groups in total. The number of benzene rings is 1. The topological polar surface area (TPSA) is 63.4 Å². The lowest BCUT2D eigenvalue weighted by Gasteiger charge is -2.14. The molecule has 0 spiro atoms. The molecule has 0 bridgehead atoms. The minimum absolute atomic E-state index is 0.0215. The first-order valence-corrected chi connectivity index (χ1v) is 6.76. The molecule has 0 heterocycles. The van der Waals surface area contributed by atoms with Crippen LogP contribution in [-0.2, 0) is 15.6 Å². The first-order valence-electron chi connectivity index (χ1n) is 5.44. The summed E-state index contributed by atoms with van der Waals surface area (Å²) in [5.41, 5.74) is 7.24. The Labute approximate surface area is 104 Å². The van der Waals surface area contributed by atoms with E-state index in [0.717, 1.165) is 5.56 Å². The lowest BCUT2D eigenvalue weighted by molar-refractivity contribution is -0.126. The smallest absolute Gasteiger partial charge is 0.235 e. The van der Waals surface area contributed by atoms with E-state index in [2.05, 4.69) is 0 Å². The van der Waals surface area contributed by atoms with Crippen molar-refractivity contribution in [2.75, 3.05) is 25.1 Å². The number of rotatable bonds is 4. The highest BCUT2D eigenvalue weighted by Gasteiger charge is 2.13. The predicted octanol–water partition coefficient (Wildman–Crippen LogP) is 1.16. The zero-order valence-electron chi connectivity index (χ0n) is 10.4. The van der Waals surface area contributed by atoms with Crippen molar-refractivity contribution in [2.24, 2.45) is 0 Å². The van der Waals surface area contributed by atoms with Crippen molar-refractivity contribution in [2.45, 2.75) is 18.7 Å². The van der Waals surface area contributed by atoms with E-state index in [-0.39, 0.29) is 11.7 Å². The van der Waals surface area contributed by atoms with Crippen LogP contribution < -0.4 is 5.73 Å². The number of carbonyl (C=O) groups is 1. The third kappa shape index (κ3) is 3.56. The van der Waals surface area contributed by atoms with Crippen LogP contribution >= 0.6 is 0 Å². The lowest BCUT2D eigenvalue weighted by atomic mass is 10.2. The first-order chi connectivity index (χ1) is 7.95. The fourth-order valence-electron chi connectivity index (χ4n) is 1.27. The molecule has 5 heteroatoms. The Morgan fingerprint density at radius 2 is 2.12 bits per heavy atom. The molecule has 94 valence electrons. The van der Waals surface area contributed by atoms with Crippen molar-refractivity contribution in [3.8, 4) is 0 Å². The van der Waals surface area contributed by atoms with Gasteiger partial charge in [0.15, 0.2) is 0 Å². The summed E-state index contributed by atoms with van der Waals surface area (Å²) in [6.45, 7) is 4.36. The Morgan fingerprint density at radius 1 is 1.47 bits per heavy atom. The second-order valence-electron chi connectivity index (χ2n) is 3.92. The summed E-state index contributed by atoms with van der Waals surface area (Å²) < 4.78 is 12.0. The zero-order valence-corrected chi connectivity index (χ0v) is 11.2. The van der Waals surface area contributed by atoms with Crippen LogP contribution in [0.15, 0.2) is 23.1 Å². The monoisotopic (exact) mass is 254 g/mol. The number of aryl methyl sites for hydroxylation is 1. The molecule has 1 atom stereocenters. The van der Waals surface area contributed by atoms with E-state index < -0.39 is 10.8 Å². The summed E-state index contributed by atoms with van der Waals surface area (Å²) >= 11 is 0. The Morgan fingerprint density at radius 3 is 2.65 bits per heavy atom. The fourth-order valence-corrected chi connectivity index (χ4v) is 2.41. The second kappa shape index (κ2) is 5.82. The van der Waals surface area contributed by atoms with E-state index in [1.807, 2.05) is 13.8 Å². The minimum atomic E-state index is -1.30. The zero-order chi connectivity index (χ0) is 13.0. The minimum Gasteiger partial charge on any atom is -0.399 e. The van der Waals surface area contributed by atoms with E-state index in [1.165, 1.54) is 0 Å². The molecule has 0 radical (unpaired) electrons. The predicted molar refractivity (Wildman–Crippen MR) is 70.2 cm³/mol. The van der Waals surface area contributed by atoms with E-state index in [1.54, 1.807) is 30.1 Å². The van der Waals surface area contributed by atoms with Gasteiger partial charge in [-0.15, -0.1) is 0 Å². The van der Waals surface area contributed by atoms with E-state index in [0.29, 0.717) is 17.1 Å². The molecule has 1 aromatic rings. The number of anilines is 1. The van der Waals surface area contributed by atoms with Crippen molar-refractivity contribution in [1.29, 1.82) is 0 Å². The number of carbonyl (C=O) groups excluding carboxylic acids is 1. The fraction of sp³-hybridized carbons (Fsp3) is 0.417. The van der Waals surface area contributed by atoms with Crippen LogP contribution in [0.5, 0.6) is 0 Å². The summed E-state index contributed by atoms with van der Waals surface area (Å²) in [5, 5.41) is 0. The normalized spacial score (nSPS) is 12.2. The summed E-state index contributed by atoms with van der Waals surface area (Å²) in [6, 6.07) is 5.19. The van der Waals surface area contributed by atoms with E-state index in [4.69, 9.17) is 5.73 Å². The molecule has 1 amide bonds. The van der Waals surface area contributed by atoms with Crippen LogP contribution in [0.2, 0.25) is 0 Å². The van der Waals surface area contributed by atoms with Crippen LogP contribution in [0.1, 0.15) is 12.5 Å². The number of nitrogens with two attached hydrogens (primary N) is 1. The van der Waals surface area contributed by atoms with Gasteiger partial charge in [0.1, 0.15) is 5.75 Å². The van der Waals surface area contributed by atoms with Gasteiger partial charge in [-0.1, -0.05) is 0 Å². The maximum Gasteiger partial charge on any atom is 0.235 e. The van der Waals surface area contributed by atoms with Crippen molar-refractivity contribution in [1.82, 2.24) is 4.90 Å². The molecule has 1 unspecified atom stereocenters. The quantitative estimate of drug-likeness (QED) is 0.820. The molecular weight excluding hydrogens is 236 g/mol. The number of hydrogen-bond acceptors (Lipinski definition) is 3. The van der Waals surface area contributed by atoms with Gasteiger partial charge >= 0.3 is 0 Å². The third-order valence-corrected chi connectivity index (χ3v) is 3.95. The molecule has 0 aliphatic rings. The molecule has 1 rings (SSSR count). The van der Waals surface area contributed by atoms with Gasteiger partial charge in [-0.05, 0) is 37.6 Å². The van der Waals surface area contributed by atoms with E-state index in [9.17, 15) is 9.00 Å². The maximum absolute atomic E-state index is 12.0. The number of hydrogen-bond donors (Lipinski definition) is 1. The Bertz CT molecular complexity index is 446. The summed E-state index contributed by atoms with van der Waals surface area (Å²) in [7, 11) is 0.401. The van der Waals surface area contributed by atoms with Crippen LogP contribution in [0, 0.1) is 6.92 Å². The molecular formula is C12H18N2O2S. The standard InChI is InChI=1S/C12H18N2O2S/c1-4-14(3)12(15)8-17(16)10-5-6-11(13)9(2)7-10/h5-7H,4,8,13H2,1-3H3. The molecule has 0 aliphatic heterocycles. The van der Waals surface area contributed by atoms with Gasteiger partial charge in [0.2, 0.25) is 5.91 Å². The number of amides is 1. The number of nitrogens with zero attached hydrogens (tertiary/aromatic N) is 1. The van der Waals surface area contributed by atoms with Gasteiger partial charge in [0, 0.05) is 24.2 Å². The highest BCUT2D eigenvalue weighted by Crippen LogP contribution is 2.15. The summed E-state index contributed by atoms with van der Waals surface area (Å²) in [4.78, 5) is 13.8. The average molecular weight is 254 g/mol. The molecule has 4 nitrogen and oxygen atoms in total. The number of nitrogen functional groups attached to an aromatic ring is 1. The van der Waals surface area contributed by atoms with Gasteiger partial charge in [0.05, 0.1) is 10.8 Å². The van der Waals surface area contributed by atoms with Gasteiger partial charge in [-0.3, -0.25) is 9.00 Å². The maximum atomic E-state index is 12.0. The molecule has 0 aliphatic carbocycles. The lowest BCUT2D eigenvalue weighted by Crippen LogP contribution is -2.30. The van der Waals surface area contributed by atoms with Crippen LogP contribution in [0.25, 0.3) is 0 Å². The van der Waals surface area contributed by atoms with Crippen LogP contribution in [0.4, 0.5) is 5.69 Å². The van der Waals surface area contributed by atoms with Crippen molar-refractivity contribution >= 4 is 22.4 Å². The highest BCUT2D eigenvalue weighted by molar-refractivity contribution is 7.85. The van der Waals surface area contributed by atoms with Gasteiger partial charge < -0.3 is 10.6 Å². The molecule has 1 aromatic carbocycles. The second-order valence-corrected chi connectivity index (χ2v) is 5.37. The summed E-state index contributed by atoms with van der Waals surface area (Å²) in [6.07, 6.45) is 0. The Hall–Kier alpha value is -1.36. The van der Waals surface area contributed by atoms with Crippen LogP contribution in [0.3, 0.4) is 0 Å². The van der Waals surface area contributed by atoms with Gasteiger partial charge in [-0.25, -0.2) is 0 Å². The van der Waals surface area contributed by atoms with Crippen molar-refractivity contribution in [3.05, 3.63) is 23.8 Å².